The van der Waals surface area contributed by atoms with Gasteiger partial charge in [-0.2, -0.15) is 5.26 Å². The van der Waals surface area contributed by atoms with Crippen LogP contribution < -0.4 is 10.1 Å². The number of ether oxygens (including phenoxy) is 1. The number of nitriles is 1. The molecule has 7 heteroatoms. The Kier molecular flexibility index (Phi) is 7.40. The van der Waals surface area contributed by atoms with Crippen LogP contribution in [0, 0.1) is 11.3 Å². The lowest BCUT2D eigenvalue weighted by Crippen LogP contribution is -2.06. The summed E-state index contributed by atoms with van der Waals surface area (Å²) in [4.78, 5) is 9.84. The van der Waals surface area contributed by atoms with Crippen LogP contribution in [0.1, 0.15) is 23.8 Å². The first-order valence-corrected chi connectivity index (χ1v) is 10.8. The Morgan fingerprint density at radius 3 is 2.79 bits per heavy atom. The summed E-state index contributed by atoms with van der Waals surface area (Å²) in [6.07, 6.45) is 3.65. The molecule has 28 heavy (non-hydrogen) atoms. The Morgan fingerprint density at radius 1 is 1.21 bits per heavy atom. The van der Waals surface area contributed by atoms with Crippen molar-refractivity contribution >= 4 is 33.1 Å². The fourth-order valence-corrected chi connectivity index (χ4v) is 4.04. The molecule has 2 aromatic heterocycles. The molecule has 2 heterocycles. The van der Waals surface area contributed by atoms with Gasteiger partial charge in [0.05, 0.1) is 23.9 Å². The van der Waals surface area contributed by atoms with E-state index >= 15 is 0 Å². The Morgan fingerprint density at radius 2 is 2.04 bits per heavy atom. The van der Waals surface area contributed by atoms with Gasteiger partial charge in [0.2, 0.25) is 0 Å². The normalized spacial score (nSPS) is 10.5. The maximum Gasteiger partial charge on any atom is 0.142 e. The Labute approximate surface area is 177 Å². The van der Waals surface area contributed by atoms with Gasteiger partial charge in [0.1, 0.15) is 17.9 Å². The first-order valence-electron chi connectivity index (χ1n) is 9.12. The fourth-order valence-electron chi connectivity index (χ4n) is 2.80. The van der Waals surface area contributed by atoms with E-state index in [0.717, 1.165) is 45.1 Å². The zero-order valence-electron chi connectivity index (χ0n) is 15.6. The number of halogens is 1. The summed E-state index contributed by atoms with van der Waals surface area (Å²) in [7, 11) is 0. The third kappa shape index (κ3) is 5.31. The predicted octanol–water partition coefficient (Wildman–Crippen LogP) is 5.48. The zero-order valence-corrected chi connectivity index (χ0v) is 18.0. The van der Waals surface area contributed by atoms with Crippen LogP contribution in [-0.4, -0.2) is 23.1 Å². The number of benzene rings is 1. The standard InChI is InChI=1S/C21H21BrN4OS/c1-2-27-21-17(13-28-19(21)4-3-10-23)18-12-20(26-14-25-18)24-11-9-15-5-7-16(22)8-6-15/h5-8,12-14H,2-4,9,11H2,1H3,(H,24,25,26). The van der Waals surface area contributed by atoms with Gasteiger partial charge in [-0.25, -0.2) is 9.97 Å². The Hall–Kier alpha value is -2.43. The van der Waals surface area contributed by atoms with Crippen molar-refractivity contribution in [1.29, 1.82) is 5.26 Å². The molecular weight excluding hydrogens is 436 g/mol. The van der Waals surface area contributed by atoms with E-state index in [4.69, 9.17) is 10.00 Å². The van der Waals surface area contributed by atoms with Crippen LogP contribution in [0.25, 0.3) is 11.3 Å². The largest absolute Gasteiger partial charge is 0.492 e. The number of nitrogens with zero attached hydrogens (tertiary/aromatic N) is 3. The van der Waals surface area contributed by atoms with E-state index in [1.165, 1.54) is 5.56 Å². The van der Waals surface area contributed by atoms with Crippen molar-refractivity contribution < 1.29 is 4.74 Å². The van der Waals surface area contributed by atoms with Gasteiger partial charge < -0.3 is 10.1 Å². The smallest absolute Gasteiger partial charge is 0.142 e. The van der Waals surface area contributed by atoms with Gasteiger partial charge in [0.25, 0.3) is 0 Å². The van der Waals surface area contributed by atoms with Crippen LogP contribution in [0.2, 0.25) is 0 Å². The highest BCUT2D eigenvalue weighted by Crippen LogP contribution is 2.38. The molecule has 0 spiro atoms. The van der Waals surface area contributed by atoms with Gasteiger partial charge in [-0.1, -0.05) is 28.1 Å². The van der Waals surface area contributed by atoms with Gasteiger partial charge in [-0.05, 0) is 37.5 Å². The topological polar surface area (TPSA) is 70.8 Å². The molecule has 0 atom stereocenters. The quantitative estimate of drug-likeness (QED) is 0.461. The first-order chi connectivity index (χ1) is 13.7. The molecule has 1 N–H and O–H groups in total. The van der Waals surface area contributed by atoms with E-state index in [1.807, 2.05) is 30.5 Å². The molecular formula is C21H21BrN4OS. The second-order valence-electron chi connectivity index (χ2n) is 6.08. The summed E-state index contributed by atoms with van der Waals surface area (Å²) in [6.45, 7) is 3.32. The van der Waals surface area contributed by atoms with Crippen molar-refractivity contribution in [1.82, 2.24) is 9.97 Å². The molecule has 0 bridgehead atoms. The minimum absolute atomic E-state index is 0.479. The lowest BCUT2D eigenvalue weighted by Gasteiger charge is -2.09. The van der Waals surface area contributed by atoms with E-state index in [-0.39, 0.29) is 0 Å². The van der Waals surface area contributed by atoms with Crippen molar-refractivity contribution in [2.75, 3.05) is 18.5 Å². The van der Waals surface area contributed by atoms with Crippen LogP contribution >= 0.6 is 27.3 Å². The number of thiophene rings is 1. The van der Waals surface area contributed by atoms with Crippen LogP contribution in [0.3, 0.4) is 0 Å². The molecule has 1 aromatic carbocycles. The minimum atomic E-state index is 0.479. The van der Waals surface area contributed by atoms with Gasteiger partial charge >= 0.3 is 0 Å². The molecule has 0 aliphatic rings. The average Bonchev–Trinajstić information content (AvgIpc) is 3.11. The van der Waals surface area contributed by atoms with Crippen LogP contribution in [0.15, 0.2) is 46.5 Å². The summed E-state index contributed by atoms with van der Waals surface area (Å²) in [6, 6.07) is 12.5. The summed E-state index contributed by atoms with van der Waals surface area (Å²) >= 11 is 5.07. The number of hydrogen-bond donors (Lipinski definition) is 1. The second kappa shape index (κ2) is 10.2. The second-order valence-corrected chi connectivity index (χ2v) is 7.96. The highest BCUT2D eigenvalue weighted by atomic mass is 79.9. The molecule has 5 nitrogen and oxygen atoms in total. The molecule has 0 aliphatic heterocycles. The molecule has 0 unspecified atom stereocenters. The number of anilines is 1. The molecule has 0 saturated heterocycles. The van der Waals surface area contributed by atoms with Crippen molar-refractivity contribution in [2.45, 2.75) is 26.2 Å². The predicted molar refractivity (Wildman–Crippen MR) is 117 cm³/mol. The molecule has 0 fully saturated rings. The Balaban J connectivity index is 1.71. The molecule has 3 aromatic rings. The van der Waals surface area contributed by atoms with E-state index in [1.54, 1.807) is 17.7 Å². The van der Waals surface area contributed by atoms with Crippen molar-refractivity contribution in [3.05, 3.63) is 57.0 Å². The van der Waals surface area contributed by atoms with Crippen molar-refractivity contribution in [3.63, 3.8) is 0 Å². The first kappa shape index (κ1) is 20.3. The summed E-state index contributed by atoms with van der Waals surface area (Å²) in [5, 5.41) is 14.3. The number of hydrogen-bond acceptors (Lipinski definition) is 6. The van der Waals surface area contributed by atoms with E-state index in [2.05, 4.69) is 49.4 Å². The van der Waals surface area contributed by atoms with Gasteiger partial charge in [-0.15, -0.1) is 11.3 Å². The zero-order chi connectivity index (χ0) is 19.8. The highest BCUT2D eigenvalue weighted by Gasteiger charge is 2.16. The van der Waals surface area contributed by atoms with Crippen LogP contribution in [-0.2, 0) is 12.8 Å². The van der Waals surface area contributed by atoms with Crippen molar-refractivity contribution in [3.8, 4) is 23.1 Å². The highest BCUT2D eigenvalue weighted by molar-refractivity contribution is 9.10. The maximum atomic E-state index is 8.87. The lowest BCUT2D eigenvalue weighted by atomic mass is 10.1. The monoisotopic (exact) mass is 456 g/mol. The molecule has 0 saturated carbocycles. The molecule has 0 aliphatic carbocycles. The van der Waals surface area contributed by atoms with E-state index < -0.39 is 0 Å². The molecule has 3 rings (SSSR count). The molecule has 0 amide bonds. The summed E-state index contributed by atoms with van der Waals surface area (Å²) in [5.74, 6) is 1.62. The number of aryl methyl sites for hydroxylation is 1. The third-order valence-corrected chi connectivity index (χ3v) is 5.70. The minimum Gasteiger partial charge on any atom is -0.492 e. The number of rotatable bonds is 9. The van der Waals surface area contributed by atoms with Gasteiger partial charge in [0.15, 0.2) is 0 Å². The fraction of sp³-hybridized carbons (Fsp3) is 0.286. The number of nitrogens with one attached hydrogen (secondary N) is 1. The summed E-state index contributed by atoms with van der Waals surface area (Å²) in [5.41, 5.74) is 3.05. The molecule has 144 valence electrons. The van der Waals surface area contributed by atoms with E-state index in [0.29, 0.717) is 19.4 Å². The lowest BCUT2D eigenvalue weighted by molar-refractivity contribution is 0.340. The maximum absolute atomic E-state index is 8.87. The average molecular weight is 457 g/mol. The van der Waals surface area contributed by atoms with Crippen LogP contribution in [0.4, 0.5) is 5.82 Å². The van der Waals surface area contributed by atoms with Gasteiger partial charge in [-0.3, -0.25) is 0 Å². The van der Waals surface area contributed by atoms with Crippen molar-refractivity contribution in [2.24, 2.45) is 0 Å². The Bertz CT molecular complexity index is 950. The SMILES string of the molecule is CCOc1c(-c2cc(NCCc3ccc(Br)cc3)ncn2)csc1CCC#N. The summed E-state index contributed by atoms with van der Waals surface area (Å²) < 4.78 is 6.95. The van der Waals surface area contributed by atoms with Gasteiger partial charge in [0, 0.05) is 33.8 Å². The van der Waals surface area contributed by atoms with E-state index in [9.17, 15) is 0 Å². The molecule has 0 radical (unpaired) electrons. The number of aromatic nitrogens is 2. The van der Waals surface area contributed by atoms with Crippen LogP contribution in [0.5, 0.6) is 5.75 Å². The third-order valence-electron chi connectivity index (χ3n) is 4.15.